The molecule has 0 radical (unpaired) electrons. The van der Waals surface area contributed by atoms with Gasteiger partial charge in [0.15, 0.2) is 17.9 Å². The number of nitrogens with zero attached hydrogens (tertiary/aromatic N) is 5. The van der Waals surface area contributed by atoms with Crippen molar-refractivity contribution >= 4 is 118 Å². The number of carbonyl (C=O) groups is 17. The van der Waals surface area contributed by atoms with Crippen molar-refractivity contribution in [1.82, 2.24) is 84.0 Å². The largest absolute Gasteiger partial charge is 0.394 e. The van der Waals surface area contributed by atoms with Gasteiger partial charge in [-0.2, -0.15) is 0 Å². The number of nitrogens with one attached hydrogen (secondary N) is 14. The number of primary amides is 3. The predicted octanol–water partition coefficient (Wildman–Crippen LogP) is -7.24. The highest BCUT2D eigenvalue weighted by molar-refractivity contribution is 6.02. The number of likely N-dealkylation sites (tertiary alicyclic amines) is 1. The maximum Gasteiger partial charge on any atom is 0.248 e. The third-order valence-electron chi connectivity index (χ3n) is 23.6. The topological polar surface area (TPSA) is 810 Å². The van der Waals surface area contributed by atoms with Crippen molar-refractivity contribution in [3.63, 3.8) is 0 Å². The van der Waals surface area contributed by atoms with E-state index in [0.29, 0.717) is 31.4 Å². The lowest BCUT2D eigenvalue weighted by molar-refractivity contribution is -0.143. The van der Waals surface area contributed by atoms with Crippen molar-refractivity contribution in [2.45, 2.75) is 330 Å². The van der Waals surface area contributed by atoms with Gasteiger partial charge < -0.3 is 146 Å². The summed E-state index contributed by atoms with van der Waals surface area (Å²) in [4.78, 5) is 260. The standard InChI is InChI=1S/C84H144N28O20/c1-44(2)33-57(76(128)111-84(5,6)80(132)110-66(45(3)114)78(130)103-54(27-18-32-97-83(92)93)68(120)101-55(28-29-64(85)117)71(123)100-52(25-16-30-95-81(88)89)69(121)104-56(67(87)119)34-47-19-10-7-11-20-47)105-75(127)61(39-65(86)118)109-73(125)59(36-49-23-14-9-15-24-49)106-72(124)58(35-48-21-12-8-13-22-48)107-74(126)60(37-50-40-94-43-98-50)108-70(122)53(26-17-31-96-82(90)91)102-77(129)63-38-51(116)41-112(63)79(131)62(42-113)99-46(4)115/h40,43-45,47-49,51-63,66,113-114,116H,7-39,41-42H2,1-6H3,(H2,85,117)(H2,86,118)(H2,87,119)(H,94,98)(H,99,115)(H,100,123)(H,101,120)(H,102,129)(H,103,130)(H,104,121)(H,105,127)(H,106,124)(H,107,126)(H,108,122)(H,109,125)(H,110,132)(H,111,128)(H4,88,89,95)(H4,90,91,96)(H4,92,93,97)/t45-,51+,52+,53+,54+,55+,56+,57+,58+,59+,60+,61+,62+,63-,66+/m1/s1. The number of carbonyl (C=O) groups excluding carboxylic acids is 17. The Labute approximate surface area is 767 Å². The molecule has 1 aromatic rings. The van der Waals surface area contributed by atoms with Gasteiger partial charge in [-0.25, -0.2) is 4.98 Å². The van der Waals surface area contributed by atoms with E-state index in [1.165, 1.54) is 26.4 Å². The zero-order valence-corrected chi connectivity index (χ0v) is 76.6. The molecular weight excluding hydrogens is 1720 g/mol. The van der Waals surface area contributed by atoms with Crippen LogP contribution in [0.4, 0.5) is 0 Å². The van der Waals surface area contributed by atoms with Crippen molar-refractivity contribution < 1.29 is 96.8 Å². The van der Waals surface area contributed by atoms with E-state index in [-0.39, 0.29) is 139 Å². The normalized spacial score (nSPS) is 18.4. The molecule has 17 amide bonds. The lowest BCUT2D eigenvalue weighted by Gasteiger charge is -2.32. The lowest BCUT2D eigenvalue weighted by Crippen LogP contribution is -2.65. The van der Waals surface area contributed by atoms with Crippen molar-refractivity contribution in [1.29, 1.82) is 0 Å². The van der Waals surface area contributed by atoms with Crippen LogP contribution in [-0.2, 0) is 87.9 Å². The summed E-state index contributed by atoms with van der Waals surface area (Å²) < 4.78 is 0. The molecule has 0 aromatic carbocycles. The van der Waals surface area contributed by atoms with Crippen LogP contribution in [0.25, 0.3) is 0 Å². The first-order valence-electron chi connectivity index (χ1n) is 45.6. The summed E-state index contributed by atoms with van der Waals surface area (Å²) in [5.41, 5.74) is 48.8. The molecule has 48 heteroatoms. The second-order valence-electron chi connectivity index (χ2n) is 35.8. The number of rotatable bonds is 56. The molecule has 2 heterocycles. The van der Waals surface area contributed by atoms with Gasteiger partial charge in [0, 0.05) is 64.3 Å². The van der Waals surface area contributed by atoms with E-state index >= 15 is 14.4 Å². The van der Waals surface area contributed by atoms with E-state index in [1.807, 2.05) is 0 Å². The van der Waals surface area contributed by atoms with Gasteiger partial charge in [0.05, 0.1) is 31.6 Å². The molecule has 15 atom stereocenters. The number of aliphatic imine (C=N–C) groups is 3. The molecule has 0 unspecified atom stereocenters. The van der Waals surface area contributed by atoms with E-state index in [1.54, 1.807) is 13.8 Å². The minimum atomic E-state index is -2.05. The summed E-state index contributed by atoms with van der Waals surface area (Å²) in [7, 11) is 0. The number of H-pyrrole nitrogens is 1. The Kier molecular flexibility index (Phi) is 46.8. The van der Waals surface area contributed by atoms with E-state index in [2.05, 4.69) is 94.1 Å². The van der Waals surface area contributed by atoms with E-state index in [0.717, 1.165) is 89.4 Å². The molecule has 1 saturated heterocycles. The highest BCUT2D eigenvalue weighted by atomic mass is 16.3. The van der Waals surface area contributed by atoms with Crippen LogP contribution >= 0.6 is 0 Å². The fourth-order valence-corrected chi connectivity index (χ4v) is 16.6. The average molecular weight is 1870 g/mol. The zero-order valence-electron chi connectivity index (χ0n) is 76.6. The maximum atomic E-state index is 15.3. The Morgan fingerprint density at radius 3 is 1.28 bits per heavy atom. The van der Waals surface area contributed by atoms with Crippen LogP contribution in [0.2, 0.25) is 0 Å². The van der Waals surface area contributed by atoms with Crippen molar-refractivity contribution in [3.05, 3.63) is 18.2 Å². The molecule has 1 aromatic heterocycles. The van der Waals surface area contributed by atoms with Crippen LogP contribution in [0.5, 0.6) is 0 Å². The summed E-state index contributed by atoms with van der Waals surface area (Å²) in [5.74, 6) is -17.8. The number of guanidine groups is 3. The van der Waals surface area contributed by atoms with Crippen molar-refractivity contribution in [2.24, 2.45) is 90.3 Å². The van der Waals surface area contributed by atoms with Crippen molar-refractivity contribution in [2.75, 3.05) is 32.8 Å². The molecule has 3 saturated carbocycles. The van der Waals surface area contributed by atoms with E-state index < -0.39 is 229 Å². The Balaban J connectivity index is 1.39. The molecule has 4 fully saturated rings. The average Bonchev–Trinajstić information content (AvgIpc) is 1.68. The number of β-amino-alcohol motifs (C(OH)–C–C–N with tert-alkyl or cyclic N) is 1. The Morgan fingerprint density at radius 2 is 0.871 bits per heavy atom. The molecule has 1 aliphatic heterocycles. The number of nitrogens with two attached hydrogens (primary N) is 9. The molecule has 35 N–H and O–H groups in total. The molecule has 132 heavy (non-hydrogen) atoms. The third kappa shape index (κ3) is 39.5. The van der Waals surface area contributed by atoms with Gasteiger partial charge in [0.25, 0.3) is 0 Å². The summed E-state index contributed by atoms with van der Waals surface area (Å²) in [6, 6.07) is -20.0. The second-order valence-corrected chi connectivity index (χ2v) is 35.8. The number of imidazole rings is 1. The number of aliphatic hydroxyl groups excluding tert-OH is 3. The number of amides is 17. The van der Waals surface area contributed by atoms with Gasteiger partial charge >= 0.3 is 0 Å². The third-order valence-corrected chi connectivity index (χ3v) is 23.6. The summed E-state index contributed by atoms with van der Waals surface area (Å²) in [6.45, 7) is 6.71. The van der Waals surface area contributed by atoms with E-state index in [9.17, 15) is 82.4 Å². The lowest BCUT2D eigenvalue weighted by atomic mass is 9.83. The Morgan fingerprint density at radius 1 is 0.477 bits per heavy atom. The highest BCUT2D eigenvalue weighted by Gasteiger charge is 2.45. The first-order valence-corrected chi connectivity index (χ1v) is 45.6. The van der Waals surface area contributed by atoms with Gasteiger partial charge in [0.2, 0.25) is 100 Å². The van der Waals surface area contributed by atoms with Crippen molar-refractivity contribution in [3.8, 4) is 0 Å². The summed E-state index contributed by atoms with van der Waals surface area (Å²) >= 11 is 0. The number of hydrogen-bond acceptors (Lipinski definition) is 24. The quantitative estimate of drug-likeness (QED) is 0.0164. The predicted molar refractivity (Wildman–Crippen MR) is 482 cm³/mol. The minimum absolute atomic E-state index is 0.00483. The fraction of sp³-hybridized carbons (Fsp3) is 0.726. The van der Waals surface area contributed by atoms with Crippen LogP contribution < -0.4 is 121 Å². The molecule has 740 valence electrons. The highest BCUT2D eigenvalue weighted by Crippen LogP contribution is 2.31. The minimum Gasteiger partial charge on any atom is -0.394 e. The molecule has 5 rings (SSSR count). The number of aromatic nitrogens is 2. The molecular formula is C84H144N28O20. The monoisotopic (exact) mass is 1870 g/mol. The van der Waals surface area contributed by atoms with E-state index in [4.69, 9.17) is 51.6 Å². The maximum absolute atomic E-state index is 15.3. The molecule has 0 bridgehead atoms. The first-order chi connectivity index (χ1) is 62.3. The zero-order chi connectivity index (χ0) is 98.1. The van der Waals surface area contributed by atoms with Crippen LogP contribution in [0, 0.1) is 23.7 Å². The number of aromatic amines is 1. The summed E-state index contributed by atoms with van der Waals surface area (Å²) in [5, 5.41) is 65.7. The number of aliphatic hydroxyl groups is 3. The van der Waals surface area contributed by atoms with Gasteiger partial charge in [-0.15, -0.1) is 0 Å². The molecule has 0 spiro atoms. The van der Waals surface area contributed by atoms with Crippen LogP contribution in [0.1, 0.15) is 233 Å². The Bertz CT molecular complexity index is 4120. The fourth-order valence-electron chi connectivity index (χ4n) is 16.6. The van der Waals surface area contributed by atoms with Gasteiger partial charge in [-0.05, 0) is 115 Å². The van der Waals surface area contributed by atoms with Crippen LogP contribution in [-0.4, -0.2) is 278 Å². The Hall–Kier alpha value is -12.1. The number of hydrogen-bond donors (Lipinski definition) is 26. The molecule has 4 aliphatic rings. The molecule has 3 aliphatic carbocycles. The van der Waals surface area contributed by atoms with Crippen LogP contribution in [0.3, 0.4) is 0 Å². The molecule has 48 nitrogen and oxygen atoms in total. The van der Waals surface area contributed by atoms with Gasteiger partial charge in [-0.1, -0.05) is 110 Å². The van der Waals surface area contributed by atoms with Crippen LogP contribution in [0.15, 0.2) is 27.5 Å². The summed E-state index contributed by atoms with van der Waals surface area (Å²) in [6.07, 6.45) is 8.96. The first kappa shape index (κ1) is 110. The second kappa shape index (κ2) is 55.9. The van der Waals surface area contributed by atoms with Gasteiger partial charge in [0.1, 0.15) is 84.1 Å². The smallest absolute Gasteiger partial charge is 0.248 e. The SMILES string of the molecule is CC(=O)N[C@@H](CO)C(=O)N1C[C@@H](O)C[C@@H]1C(=O)N[C@@H](CCCN=C(N)N)C(=O)N[C@@H](Cc1cnc[nH]1)C(=O)N[C@@H](CC1CCCCC1)C(=O)N[C@@H](CC1CCCCC1)C(=O)N[C@@H](CC(N)=O)C(=O)N[C@@H](CC(C)C)C(=O)NC(C)(C)C(=O)N[C@H](C(=O)N[C@@H](CCCN=C(N)N)C(=O)N[C@@H](CCC(N)=O)C(=O)N[C@@H](CCCN=C(N)N)C(=O)N[C@@H](CC1CCCCC1)C(N)=O)[C@@H](C)O. The van der Waals surface area contributed by atoms with Gasteiger partial charge in [-0.3, -0.25) is 96.5 Å².